The van der Waals surface area contributed by atoms with Crippen molar-refractivity contribution in [1.82, 2.24) is 19.9 Å². The van der Waals surface area contributed by atoms with Crippen LogP contribution in [0.15, 0.2) is 65.3 Å². The highest BCUT2D eigenvalue weighted by atomic mass is 79.9. The van der Waals surface area contributed by atoms with Crippen LogP contribution in [0.2, 0.25) is 0 Å². The van der Waals surface area contributed by atoms with Crippen molar-refractivity contribution in [3.8, 4) is 11.3 Å². The van der Waals surface area contributed by atoms with Gasteiger partial charge in [-0.25, -0.2) is 4.68 Å². The van der Waals surface area contributed by atoms with E-state index in [1.54, 1.807) is 0 Å². The molecule has 1 aromatic heterocycles. The number of benzene rings is 2. The van der Waals surface area contributed by atoms with Crippen LogP contribution in [0.25, 0.3) is 11.3 Å². The Balaban J connectivity index is 1.35. The first kappa shape index (κ1) is 17.9. The van der Waals surface area contributed by atoms with Gasteiger partial charge in [0.1, 0.15) is 5.69 Å². The molecule has 1 saturated heterocycles. The number of carbonyl (C=O) groups excluding carboxylic acids is 1. The summed E-state index contributed by atoms with van der Waals surface area (Å²) in [6.07, 6.45) is 4.18. The highest BCUT2D eigenvalue weighted by molar-refractivity contribution is 9.10. The largest absolute Gasteiger partial charge is 0.340 e. The minimum absolute atomic E-state index is 0.197. The van der Waals surface area contributed by atoms with Crippen LogP contribution in [-0.4, -0.2) is 38.9 Å². The van der Waals surface area contributed by atoms with Gasteiger partial charge in [0.25, 0.3) is 0 Å². The van der Waals surface area contributed by atoms with Gasteiger partial charge >= 0.3 is 0 Å². The third kappa shape index (κ3) is 4.11. The number of amides is 1. The maximum atomic E-state index is 12.6. The van der Waals surface area contributed by atoms with E-state index in [2.05, 4.69) is 32.3 Å². The molecule has 6 heteroatoms. The molecule has 0 unspecified atom stereocenters. The summed E-state index contributed by atoms with van der Waals surface area (Å²) in [6.45, 7) is 1.48. The quantitative estimate of drug-likeness (QED) is 0.618. The van der Waals surface area contributed by atoms with Crippen molar-refractivity contribution in [1.29, 1.82) is 0 Å². The lowest BCUT2D eigenvalue weighted by Crippen LogP contribution is -2.29. The summed E-state index contributed by atoms with van der Waals surface area (Å²) in [4.78, 5) is 14.5. The van der Waals surface area contributed by atoms with E-state index < -0.39 is 0 Å². The topological polar surface area (TPSA) is 51.0 Å². The molecule has 0 bridgehead atoms. The van der Waals surface area contributed by atoms with E-state index in [1.165, 1.54) is 5.56 Å². The summed E-state index contributed by atoms with van der Waals surface area (Å²) in [7, 11) is 0. The lowest BCUT2D eigenvalue weighted by atomic mass is 10.1. The number of hydrogen-bond acceptors (Lipinski definition) is 3. The van der Waals surface area contributed by atoms with Crippen molar-refractivity contribution in [2.45, 2.75) is 25.3 Å². The molecule has 1 aliphatic rings. The molecule has 3 aromatic rings. The van der Waals surface area contributed by atoms with Crippen LogP contribution in [0.4, 0.5) is 0 Å². The smallest absolute Gasteiger partial charge is 0.222 e. The molecule has 5 nitrogen and oxygen atoms in total. The van der Waals surface area contributed by atoms with Crippen molar-refractivity contribution in [2.75, 3.05) is 13.1 Å². The number of likely N-dealkylation sites (tertiary alicyclic amines) is 1. The van der Waals surface area contributed by atoms with Gasteiger partial charge in [-0.2, -0.15) is 0 Å². The van der Waals surface area contributed by atoms with Crippen LogP contribution in [0.1, 0.15) is 24.4 Å². The molecule has 0 spiro atoms. The van der Waals surface area contributed by atoms with Crippen molar-refractivity contribution in [2.24, 2.45) is 0 Å². The van der Waals surface area contributed by atoms with Gasteiger partial charge in [-0.05, 0) is 24.5 Å². The van der Waals surface area contributed by atoms with E-state index >= 15 is 0 Å². The van der Waals surface area contributed by atoms with E-state index in [0.29, 0.717) is 13.0 Å². The molecule has 1 amide bonds. The number of rotatable bonds is 5. The van der Waals surface area contributed by atoms with Crippen LogP contribution in [0.5, 0.6) is 0 Å². The number of nitrogens with zero attached hydrogens (tertiary/aromatic N) is 4. The molecule has 4 rings (SSSR count). The molecule has 138 valence electrons. The van der Waals surface area contributed by atoms with Gasteiger partial charge in [0.2, 0.25) is 5.91 Å². The summed E-state index contributed by atoms with van der Waals surface area (Å²) in [6, 6.07) is 18.3. The maximum Gasteiger partial charge on any atom is 0.222 e. The molecule has 2 aromatic carbocycles. The standard InChI is InChI=1S/C21H21BrN4O/c22-19-9-5-4-6-16(19)10-11-21(27)25-13-12-18(14-25)26-15-20(23-24-26)17-7-2-1-3-8-17/h1-9,15,18H,10-14H2/t18-/m1/s1. The molecular weight excluding hydrogens is 404 g/mol. The van der Waals surface area contributed by atoms with Crippen LogP contribution >= 0.6 is 15.9 Å². The predicted octanol–water partition coefficient (Wildman–Crippen LogP) is 4.11. The fourth-order valence-electron chi connectivity index (χ4n) is 3.48. The monoisotopic (exact) mass is 424 g/mol. The van der Waals surface area contributed by atoms with Crippen LogP contribution < -0.4 is 0 Å². The first-order valence-corrected chi connectivity index (χ1v) is 9.98. The van der Waals surface area contributed by atoms with Crippen LogP contribution in [0.3, 0.4) is 0 Å². The number of aryl methyl sites for hydroxylation is 1. The fourth-order valence-corrected chi connectivity index (χ4v) is 3.96. The first-order valence-electron chi connectivity index (χ1n) is 9.19. The number of hydrogen-bond donors (Lipinski definition) is 0. The zero-order chi connectivity index (χ0) is 18.6. The number of aromatic nitrogens is 3. The molecule has 0 aliphatic carbocycles. The number of halogens is 1. The Bertz CT molecular complexity index is 925. The zero-order valence-corrected chi connectivity index (χ0v) is 16.5. The van der Waals surface area contributed by atoms with E-state index in [0.717, 1.165) is 35.1 Å². The molecule has 0 N–H and O–H groups in total. The van der Waals surface area contributed by atoms with E-state index in [9.17, 15) is 4.79 Å². The third-order valence-electron chi connectivity index (χ3n) is 5.04. The maximum absolute atomic E-state index is 12.6. The van der Waals surface area contributed by atoms with Crippen molar-refractivity contribution in [3.05, 3.63) is 70.8 Å². The van der Waals surface area contributed by atoms with E-state index in [1.807, 2.05) is 64.3 Å². The Morgan fingerprint density at radius 3 is 2.70 bits per heavy atom. The molecule has 1 atom stereocenters. The van der Waals surface area contributed by atoms with Gasteiger partial charge in [0.15, 0.2) is 0 Å². The average Bonchev–Trinajstić information content (AvgIpc) is 3.37. The molecule has 0 saturated carbocycles. The molecule has 0 radical (unpaired) electrons. The second-order valence-electron chi connectivity index (χ2n) is 6.82. The molecular formula is C21H21BrN4O. The van der Waals surface area contributed by atoms with Crippen molar-refractivity contribution in [3.63, 3.8) is 0 Å². The van der Waals surface area contributed by atoms with Crippen LogP contribution in [0, 0.1) is 0 Å². The lowest BCUT2D eigenvalue weighted by Gasteiger charge is -2.16. The van der Waals surface area contributed by atoms with Gasteiger partial charge in [0.05, 0.1) is 12.2 Å². The Morgan fingerprint density at radius 1 is 1.11 bits per heavy atom. The summed E-state index contributed by atoms with van der Waals surface area (Å²) < 4.78 is 2.97. The van der Waals surface area contributed by atoms with E-state index in [4.69, 9.17) is 0 Å². The summed E-state index contributed by atoms with van der Waals surface area (Å²) in [5, 5.41) is 8.59. The normalized spacial score (nSPS) is 16.6. The van der Waals surface area contributed by atoms with Gasteiger partial charge in [-0.3, -0.25) is 4.79 Å². The highest BCUT2D eigenvalue weighted by Crippen LogP contribution is 2.24. The Kier molecular flexibility index (Phi) is 5.34. The van der Waals surface area contributed by atoms with Crippen LogP contribution in [-0.2, 0) is 11.2 Å². The average molecular weight is 425 g/mol. The summed E-state index contributed by atoms with van der Waals surface area (Å²) in [5.74, 6) is 0.205. The highest BCUT2D eigenvalue weighted by Gasteiger charge is 2.28. The molecule has 1 fully saturated rings. The van der Waals surface area contributed by atoms with E-state index in [-0.39, 0.29) is 11.9 Å². The van der Waals surface area contributed by atoms with Gasteiger partial charge < -0.3 is 4.90 Å². The van der Waals surface area contributed by atoms with Crippen molar-refractivity contribution >= 4 is 21.8 Å². The zero-order valence-electron chi connectivity index (χ0n) is 15.0. The minimum Gasteiger partial charge on any atom is -0.340 e. The summed E-state index contributed by atoms with van der Waals surface area (Å²) >= 11 is 3.55. The predicted molar refractivity (Wildman–Crippen MR) is 108 cm³/mol. The number of carbonyl (C=O) groups is 1. The second-order valence-corrected chi connectivity index (χ2v) is 7.68. The van der Waals surface area contributed by atoms with Gasteiger partial charge in [0, 0.05) is 29.5 Å². The van der Waals surface area contributed by atoms with Crippen molar-refractivity contribution < 1.29 is 4.79 Å². The Hall–Kier alpha value is -2.47. The SMILES string of the molecule is O=C(CCc1ccccc1Br)N1CC[C@@H](n2cc(-c3ccccc3)nn2)C1. The Morgan fingerprint density at radius 2 is 1.89 bits per heavy atom. The van der Waals surface area contributed by atoms with Gasteiger partial charge in [-0.15, -0.1) is 5.10 Å². The third-order valence-corrected chi connectivity index (χ3v) is 5.81. The fraction of sp³-hybridized carbons (Fsp3) is 0.286. The van der Waals surface area contributed by atoms with Gasteiger partial charge in [-0.1, -0.05) is 69.7 Å². The minimum atomic E-state index is 0.197. The second kappa shape index (κ2) is 8.05. The molecule has 27 heavy (non-hydrogen) atoms. The summed E-state index contributed by atoms with van der Waals surface area (Å²) in [5.41, 5.74) is 3.10. The molecule has 1 aliphatic heterocycles. The lowest BCUT2D eigenvalue weighted by molar-refractivity contribution is -0.130. The molecule has 2 heterocycles. The Labute approximate surface area is 167 Å². The first-order chi connectivity index (χ1) is 13.2.